The van der Waals surface area contributed by atoms with Crippen molar-refractivity contribution < 1.29 is 13.9 Å². The van der Waals surface area contributed by atoms with E-state index >= 15 is 0 Å². The zero-order valence-corrected chi connectivity index (χ0v) is 17.1. The highest BCUT2D eigenvalue weighted by Crippen LogP contribution is 2.27. The molecule has 2 atom stereocenters. The van der Waals surface area contributed by atoms with Crippen LogP contribution in [0.2, 0.25) is 0 Å². The number of nitrogens with one attached hydrogen (secondary N) is 1. The molecule has 1 N–H and O–H groups in total. The van der Waals surface area contributed by atoms with E-state index in [2.05, 4.69) is 21.3 Å². The fourth-order valence-electron chi connectivity index (χ4n) is 4.32. The van der Waals surface area contributed by atoms with E-state index in [-0.39, 0.29) is 25.4 Å². The van der Waals surface area contributed by atoms with Crippen molar-refractivity contribution in [3.63, 3.8) is 0 Å². The van der Waals surface area contributed by atoms with Crippen LogP contribution in [-0.4, -0.2) is 72.2 Å². The fourth-order valence-corrected chi connectivity index (χ4v) is 4.32. The Labute approximate surface area is 175 Å². The van der Waals surface area contributed by atoms with Crippen LogP contribution >= 0.6 is 0 Å². The first-order chi connectivity index (χ1) is 14.6. The van der Waals surface area contributed by atoms with E-state index in [1.807, 2.05) is 24.3 Å². The minimum absolute atomic E-state index is 0.0371. The van der Waals surface area contributed by atoms with Crippen LogP contribution in [0.5, 0.6) is 5.75 Å². The maximum absolute atomic E-state index is 13.6. The summed E-state index contributed by atoms with van der Waals surface area (Å²) in [7, 11) is 1.65. The van der Waals surface area contributed by atoms with Crippen LogP contribution in [0.25, 0.3) is 10.9 Å². The first-order valence-electron chi connectivity index (χ1n) is 10.3. The number of carbonyl (C=O) groups excluding carboxylic acids is 1. The Hall–Kier alpha value is -2.92. The van der Waals surface area contributed by atoms with E-state index in [9.17, 15) is 9.18 Å². The average molecular weight is 411 g/mol. The standard InChI is InChI=1S/C22H26FN5O2/c1-30-21-4-7-25-20-3-2-17(11-19(20)21)26-16-5-8-27(9-6-16)14-22(29)28-13-15(23)10-18(28)12-24/h2-4,7,11,15-16,18,26H,5-6,8-10,13-14H2,1H3/t15-,18-/m0/s1. The summed E-state index contributed by atoms with van der Waals surface area (Å²) in [6.07, 6.45) is 2.58. The Morgan fingerprint density at radius 3 is 2.90 bits per heavy atom. The van der Waals surface area contributed by atoms with Crippen molar-refractivity contribution >= 4 is 22.5 Å². The van der Waals surface area contributed by atoms with E-state index in [0.717, 1.165) is 48.3 Å². The minimum Gasteiger partial charge on any atom is -0.496 e. The molecule has 2 fully saturated rings. The maximum Gasteiger partial charge on any atom is 0.237 e. The second-order valence-corrected chi connectivity index (χ2v) is 7.96. The van der Waals surface area contributed by atoms with E-state index in [0.29, 0.717) is 6.04 Å². The molecule has 1 aromatic carbocycles. The molecule has 2 aliphatic rings. The molecule has 1 amide bonds. The number of aromatic nitrogens is 1. The number of ether oxygens (including phenoxy) is 1. The van der Waals surface area contributed by atoms with Crippen LogP contribution in [-0.2, 0) is 4.79 Å². The van der Waals surface area contributed by atoms with Gasteiger partial charge in [0, 0.05) is 42.8 Å². The number of hydrogen-bond acceptors (Lipinski definition) is 6. The Morgan fingerprint density at radius 1 is 1.37 bits per heavy atom. The molecule has 0 aliphatic carbocycles. The third kappa shape index (κ3) is 4.31. The van der Waals surface area contributed by atoms with Gasteiger partial charge in [-0.25, -0.2) is 4.39 Å². The molecule has 4 rings (SSSR count). The molecule has 0 radical (unpaired) electrons. The molecule has 0 unspecified atom stereocenters. The summed E-state index contributed by atoms with van der Waals surface area (Å²) in [5.74, 6) is 0.646. The number of alkyl halides is 1. The smallest absolute Gasteiger partial charge is 0.237 e. The first kappa shape index (κ1) is 20.4. The third-order valence-corrected chi connectivity index (χ3v) is 5.96. The number of piperidine rings is 1. The zero-order valence-electron chi connectivity index (χ0n) is 17.1. The number of amides is 1. The number of halogens is 1. The molecule has 8 heteroatoms. The van der Waals surface area contributed by atoms with Crippen LogP contribution in [0.1, 0.15) is 19.3 Å². The van der Waals surface area contributed by atoms with Gasteiger partial charge in [-0.3, -0.25) is 14.7 Å². The molecule has 2 saturated heterocycles. The number of likely N-dealkylation sites (tertiary alicyclic amines) is 2. The molecule has 30 heavy (non-hydrogen) atoms. The number of fused-ring (bicyclic) bond motifs is 1. The quantitative estimate of drug-likeness (QED) is 0.815. The molecule has 2 aliphatic heterocycles. The monoisotopic (exact) mass is 411 g/mol. The van der Waals surface area contributed by atoms with Crippen molar-refractivity contribution in [3.05, 3.63) is 30.5 Å². The number of nitriles is 1. The Morgan fingerprint density at radius 2 is 2.17 bits per heavy atom. The topological polar surface area (TPSA) is 81.5 Å². The summed E-state index contributed by atoms with van der Waals surface area (Å²) in [5, 5.41) is 13.7. The molecule has 7 nitrogen and oxygen atoms in total. The van der Waals surface area contributed by atoms with Gasteiger partial charge in [0.25, 0.3) is 0 Å². The average Bonchev–Trinajstić information content (AvgIpc) is 3.15. The number of rotatable bonds is 5. The summed E-state index contributed by atoms with van der Waals surface area (Å²) in [5.41, 5.74) is 1.91. The second kappa shape index (κ2) is 8.84. The van der Waals surface area contributed by atoms with Crippen LogP contribution in [0, 0.1) is 11.3 Å². The van der Waals surface area contributed by atoms with Gasteiger partial charge in [0.2, 0.25) is 5.91 Å². The van der Waals surface area contributed by atoms with Crippen LogP contribution in [0.15, 0.2) is 30.5 Å². The number of nitrogens with zero attached hydrogens (tertiary/aromatic N) is 4. The van der Waals surface area contributed by atoms with Crippen LogP contribution in [0.3, 0.4) is 0 Å². The molecule has 0 bridgehead atoms. The fraction of sp³-hybridized carbons (Fsp3) is 0.500. The van der Waals surface area contributed by atoms with E-state index in [4.69, 9.17) is 10.00 Å². The van der Waals surface area contributed by atoms with Gasteiger partial charge in [-0.1, -0.05) is 0 Å². The van der Waals surface area contributed by atoms with E-state index < -0.39 is 12.2 Å². The van der Waals surface area contributed by atoms with Gasteiger partial charge in [0.05, 0.1) is 31.8 Å². The predicted octanol–water partition coefficient (Wildman–Crippen LogP) is 2.58. The summed E-state index contributed by atoms with van der Waals surface area (Å²) in [6.45, 7) is 1.85. The molecule has 1 aromatic heterocycles. The summed E-state index contributed by atoms with van der Waals surface area (Å²) >= 11 is 0. The SMILES string of the molecule is COc1ccnc2ccc(NC3CCN(CC(=O)N4C[C@@H](F)C[C@H]4C#N)CC3)cc12. The van der Waals surface area contributed by atoms with Gasteiger partial charge >= 0.3 is 0 Å². The Kier molecular flexibility index (Phi) is 6.00. The van der Waals surface area contributed by atoms with Gasteiger partial charge in [-0.05, 0) is 37.1 Å². The van der Waals surface area contributed by atoms with E-state index in [1.165, 1.54) is 4.90 Å². The molecular weight excluding hydrogens is 385 g/mol. The largest absolute Gasteiger partial charge is 0.496 e. The van der Waals surface area contributed by atoms with Crippen LogP contribution in [0.4, 0.5) is 10.1 Å². The lowest BCUT2D eigenvalue weighted by Crippen LogP contribution is -2.46. The highest BCUT2D eigenvalue weighted by atomic mass is 19.1. The highest BCUT2D eigenvalue weighted by molar-refractivity contribution is 5.88. The molecule has 2 aromatic rings. The van der Waals surface area contributed by atoms with Crippen molar-refractivity contribution in [3.8, 4) is 11.8 Å². The van der Waals surface area contributed by atoms with Gasteiger partial charge in [-0.2, -0.15) is 5.26 Å². The number of anilines is 1. The molecule has 0 spiro atoms. The molecule has 158 valence electrons. The lowest BCUT2D eigenvalue weighted by atomic mass is 10.0. The lowest BCUT2D eigenvalue weighted by molar-refractivity contribution is -0.132. The number of methoxy groups -OCH3 is 1. The molecule has 0 saturated carbocycles. The maximum atomic E-state index is 13.6. The Bertz CT molecular complexity index is 954. The van der Waals surface area contributed by atoms with Crippen LogP contribution < -0.4 is 10.1 Å². The zero-order chi connectivity index (χ0) is 21.1. The number of pyridine rings is 1. The molecular formula is C22H26FN5O2. The first-order valence-corrected chi connectivity index (χ1v) is 10.3. The number of carbonyl (C=O) groups is 1. The third-order valence-electron chi connectivity index (χ3n) is 5.96. The summed E-state index contributed by atoms with van der Waals surface area (Å²) < 4.78 is 19.0. The van der Waals surface area contributed by atoms with Gasteiger partial charge in [0.15, 0.2) is 0 Å². The lowest BCUT2D eigenvalue weighted by Gasteiger charge is -2.33. The van der Waals surface area contributed by atoms with Crippen molar-refractivity contribution in [2.24, 2.45) is 0 Å². The van der Waals surface area contributed by atoms with E-state index in [1.54, 1.807) is 13.3 Å². The summed E-state index contributed by atoms with van der Waals surface area (Å²) in [6, 6.07) is 9.63. The second-order valence-electron chi connectivity index (χ2n) is 7.96. The predicted molar refractivity (Wildman–Crippen MR) is 112 cm³/mol. The minimum atomic E-state index is -1.09. The van der Waals surface area contributed by atoms with Gasteiger partial charge < -0.3 is 15.0 Å². The Balaban J connectivity index is 1.31. The van der Waals surface area contributed by atoms with Crippen molar-refractivity contribution in [1.29, 1.82) is 5.26 Å². The van der Waals surface area contributed by atoms with Crippen molar-refractivity contribution in [2.75, 3.05) is 38.6 Å². The molecule has 3 heterocycles. The summed E-state index contributed by atoms with van der Waals surface area (Å²) in [4.78, 5) is 20.4. The normalized spacial score (nSPS) is 22.8. The number of benzene rings is 1. The van der Waals surface area contributed by atoms with Crippen molar-refractivity contribution in [2.45, 2.75) is 37.5 Å². The highest BCUT2D eigenvalue weighted by Gasteiger charge is 2.36. The van der Waals surface area contributed by atoms with Gasteiger partial charge in [-0.15, -0.1) is 0 Å². The van der Waals surface area contributed by atoms with Crippen molar-refractivity contribution in [1.82, 2.24) is 14.8 Å². The van der Waals surface area contributed by atoms with Gasteiger partial charge in [0.1, 0.15) is 18.0 Å². The number of hydrogen-bond donors (Lipinski definition) is 1.